The highest BCUT2D eigenvalue weighted by molar-refractivity contribution is 5.53. The van der Waals surface area contributed by atoms with Gasteiger partial charge in [0.15, 0.2) is 0 Å². The number of aromatic nitrogens is 2. The standard InChI is InChI=1S/C24H28N2O5/c1-6-25-14(3)11-18(27)21(23(25)29)20(16-9-8-10-17(13-16)31-5)22-19(28)12-15(4)26(7-2)24(22)30/h8-13,20,27-28H,6-7H2,1-5H3. The lowest BCUT2D eigenvalue weighted by molar-refractivity contribution is 0.413. The van der Waals surface area contributed by atoms with Crippen LogP contribution in [0.1, 0.15) is 47.8 Å². The molecular formula is C24H28N2O5. The Bertz CT molecular complexity index is 1170. The maximum Gasteiger partial charge on any atom is 0.258 e. The van der Waals surface area contributed by atoms with Crippen LogP contribution in [0.15, 0.2) is 46.0 Å². The van der Waals surface area contributed by atoms with Crippen LogP contribution in [0.4, 0.5) is 0 Å². The van der Waals surface area contributed by atoms with Crippen molar-refractivity contribution in [1.29, 1.82) is 0 Å². The molecule has 0 atom stereocenters. The largest absolute Gasteiger partial charge is 0.507 e. The molecule has 2 N–H and O–H groups in total. The number of ether oxygens (including phenoxy) is 1. The normalized spacial score (nSPS) is 11.2. The Morgan fingerprint density at radius 1 is 0.871 bits per heavy atom. The Morgan fingerprint density at radius 2 is 1.35 bits per heavy atom. The lowest BCUT2D eigenvalue weighted by Gasteiger charge is -2.23. The molecule has 7 heteroatoms. The second-order valence-corrected chi connectivity index (χ2v) is 7.48. The average molecular weight is 424 g/mol. The second kappa shape index (κ2) is 8.71. The van der Waals surface area contributed by atoms with E-state index in [2.05, 4.69) is 0 Å². The molecule has 3 aromatic rings. The van der Waals surface area contributed by atoms with Gasteiger partial charge in [-0.2, -0.15) is 0 Å². The highest BCUT2D eigenvalue weighted by Crippen LogP contribution is 2.38. The number of hydrogen-bond donors (Lipinski definition) is 2. The van der Waals surface area contributed by atoms with Crippen molar-refractivity contribution < 1.29 is 14.9 Å². The highest BCUT2D eigenvalue weighted by atomic mass is 16.5. The van der Waals surface area contributed by atoms with Crippen molar-refractivity contribution in [3.8, 4) is 17.2 Å². The lowest BCUT2D eigenvalue weighted by Crippen LogP contribution is -2.32. The van der Waals surface area contributed by atoms with E-state index in [1.807, 2.05) is 13.8 Å². The van der Waals surface area contributed by atoms with Crippen LogP contribution in [0.5, 0.6) is 17.2 Å². The fourth-order valence-electron chi connectivity index (χ4n) is 4.16. The third-order valence-electron chi connectivity index (χ3n) is 5.68. The van der Waals surface area contributed by atoms with Crippen LogP contribution < -0.4 is 15.9 Å². The fourth-order valence-corrected chi connectivity index (χ4v) is 4.16. The van der Waals surface area contributed by atoms with Crippen LogP contribution in [-0.4, -0.2) is 26.5 Å². The molecule has 0 aliphatic carbocycles. The van der Waals surface area contributed by atoms with E-state index < -0.39 is 17.0 Å². The van der Waals surface area contributed by atoms with Crippen molar-refractivity contribution in [2.45, 2.75) is 46.7 Å². The van der Waals surface area contributed by atoms with E-state index in [0.717, 1.165) is 0 Å². The number of hydrogen-bond acceptors (Lipinski definition) is 5. The Balaban J connectivity index is 2.48. The summed E-state index contributed by atoms with van der Waals surface area (Å²) in [4.78, 5) is 26.8. The SMILES string of the molecule is CCn1c(C)cc(O)c(C(c2cccc(OC)c2)c2c(O)cc(C)n(CC)c2=O)c1=O. The summed E-state index contributed by atoms with van der Waals surface area (Å²) in [7, 11) is 1.52. The quantitative estimate of drug-likeness (QED) is 0.634. The number of aromatic hydroxyl groups is 2. The van der Waals surface area contributed by atoms with Crippen LogP contribution in [0.2, 0.25) is 0 Å². The van der Waals surface area contributed by atoms with Gasteiger partial charge in [0.1, 0.15) is 17.2 Å². The van der Waals surface area contributed by atoms with Crippen LogP contribution >= 0.6 is 0 Å². The molecule has 0 saturated carbocycles. The van der Waals surface area contributed by atoms with E-state index in [-0.39, 0.29) is 22.6 Å². The van der Waals surface area contributed by atoms with Gasteiger partial charge in [0, 0.05) is 24.5 Å². The van der Waals surface area contributed by atoms with E-state index in [1.54, 1.807) is 38.1 Å². The molecule has 0 radical (unpaired) electrons. The Morgan fingerprint density at radius 3 is 1.77 bits per heavy atom. The predicted octanol–water partition coefficient (Wildman–Crippen LogP) is 3.27. The Hall–Kier alpha value is -3.48. The smallest absolute Gasteiger partial charge is 0.258 e. The number of nitrogens with zero attached hydrogens (tertiary/aromatic N) is 2. The third kappa shape index (κ3) is 3.83. The second-order valence-electron chi connectivity index (χ2n) is 7.48. The first-order valence-electron chi connectivity index (χ1n) is 10.3. The minimum atomic E-state index is -0.980. The zero-order valence-corrected chi connectivity index (χ0v) is 18.5. The van der Waals surface area contributed by atoms with Crippen molar-refractivity contribution in [3.63, 3.8) is 0 Å². The molecule has 0 bridgehead atoms. The number of pyridine rings is 2. The molecule has 3 rings (SSSR count). The molecule has 1 aromatic carbocycles. The first kappa shape index (κ1) is 22.2. The molecular weight excluding hydrogens is 396 g/mol. The summed E-state index contributed by atoms with van der Waals surface area (Å²) in [6, 6.07) is 9.97. The van der Waals surface area contributed by atoms with Gasteiger partial charge in [0.2, 0.25) is 0 Å². The van der Waals surface area contributed by atoms with Gasteiger partial charge >= 0.3 is 0 Å². The minimum Gasteiger partial charge on any atom is -0.507 e. The van der Waals surface area contributed by atoms with Gasteiger partial charge in [-0.25, -0.2) is 0 Å². The molecule has 0 aliphatic heterocycles. The van der Waals surface area contributed by atoms with Crippen molar-refractivity contribution in [2.24, 2.45) is 0 Å². The van der Waals surface area contributed by atoms with Gasteiger partial charge < -0.3 is 24.1 Å². The fraction of sp³-hybridized carbons (Fsp3) is 0.333. The summed E-state index contributed by atoms with van der Waals surface area (Å²) in [5, 5.41) is 21.7. The van der Waals surface area contributed by atoms with E-state index in [4.69, 9.17) is 4.74 Å². The van der Waals surface area contributed by atoms with Crippen LogP contribution in [0.3, 0.4) is 0 Å². The molecule has 0 aliphatic rings. The van der Waals surface area contributed by atoms with Gasteiger partial charge in [-0.15, -0.1) is 0 Å². The molecule has 164 valence electrons. The average Bonchev–Trinajstić information content (AvgIpc) is 2.72. The molecule has 0 amide bonds. The first-order chi connectivity index (χ1) is 14.7. The summed E-state index contributed by atoms with van der Waals surface area (Å²) < 4.78 is 8.40. The molecule has 0 spiro atoms. The van der Waals surface area contributed by atoms with Gasteiger partial charge in [-0.3, -0.25) is 9.59 Å². The number of methoxy groups -OCH3 is 1. The zero-order chi connectivity index (χ0) is 22.9. The highest BCUT2D eigenvalue weighted by Gasteiger charge is 2.31. The third-order valence-corrected chi connectivity index (χ3v) is 5.68. The maximum absolute atomic E-state index is 13.4. The summed E-state index contributed by atoms with van der Waals surface area (Å²) in [6.45, 7) is 7.96. The zero-order valence-electron chi connectivity index (χ0n) is 18.5. The maximum atomic E-state index is 13.4. The molecule has 7 nitrogen and oxygen atoms in total. The molecule has 2 heterocycles. The summed E-state index contributed by atoms with van der Waals surface area (Å²) >= 11 is 0. The molecule has 2 aromatic heterocycles. The van der Waals surface area contributed by atoms with Gasteiger partial charge in [0.25, 0.3) is 11.1 Å². The number of benzene rings is 1. The molecule has 31 heavy (non-hydrogen) atoms. The van der Waals surface area contributed by atoms with Gasteiger partial charge in [-0.1, -0.05) is 12.1 Å². The Labute approximate surface area is 180 Å². The van der Waals surface area contributed by atoms with Crippen molar-refractivity contribution in [2.75, 3.05) is 7.11 Å². The number of aryl methyl sites for hydroxylation is 2. The topological polar surface area (TPSA) is 93.7 Å². The molecule has 0 fully saturated rings. The Kier molecular flexibility index (Phi) is 6.24. The van der Waals surface area contributed by atoms with Crippen LogP contribution in [-0.2, 0) is 13.1 Å². The first-order valence-corrected chi connectivity index (χ1v) is 10.3. The summed E-state index contributed by atoms with van der Waals surface area (Å²) in [5.41, 5.74) is 1.04. The van der Waals surface area contributed by atoms with Crippen LogP contribution in [0, 0.1) is 13.8 Å². The number of rotatable bonds is 6. The monoisotopic (exact) mass is 424 g/mol. The summed E-state index contributed by atoms with van der Waals surface area (Å²) in [5.74, 6) is -0.885. The minimum absolute atomic E-state index is 0.0413. The van der Waals surface area contributed by atoms with Crippen molar-refractivity contribution >= 4 is 0 Å². The van der Waals surface area contributed by atoms with E-state index in [9.17, 15) is 19.8 Å². The van der Waals surface area contributed by atoms with Crippen LogP contribution in [0.25, 0.3) is 0 Å². The molecule has 0 saturated heterocycles. The predicted molar refractivity (Wildman–Crippen MR) is 119 cm³/mol. The van der Waals surface area contributed by atoms with E-state index in [0.29, 0.717) is 35.8 Å². The van der Waals surface area contributed by atoms with Gasteiger partial charge in [0.05, 0.1) is 24.2 Å². The van der Waals surface area contributed by atoms with E-state index >= 15 is 0 Å². The molecule has 0 unspecified atom stereocenters. The summed E-state index contributed by atoms with van der Waals surface area (Å²) in [6.07, 6.45) is 0. The van der Waals surface area contributed by atoms with Crippen molar-refractivity contribution in [3.05, 3.63) is 85.2 Å². The lowest BCUT2D eigenvalue weighted by atomic mass is 9.84. The van der Waals surface area contributed by atoms with E-state index in [1.165, 1.54) is 28.4 Å². The van der Waals surface area contributed by atoms with Gasteiger partial charge in [-0.05, 0) is 57.5 Å². The van der Waals surface area contributed by atoms with Crippen molar-refractivity contribution in [1.82, 2.24) is 9.13 Å².